The van der Waals surface area contributed by atoms with E-state index in [1.54, 1.807) is 26.8 Å². The predicted molar refractivity (Wildman–Crippen MR) is 86.3 cm³/mol. The SMILES string of the molecule is Cc1cc([C@](C)(O)CNS(=O)(=O)N2C[C@@H](C)O[C@@H](C)C2)c(C)o1. The molecule has 0 spiro atoms. The van der Waals surface area contributed by atoms with Crippen LogP contribution in [0.1, 0.15) is 37.9 Å². The molecule has 1 saturated heterocycles. The van der Waals surface area contributed by atoms with Crippen molar-refractivity contribution >= 4 is 10.2 Å². The molecule has 2 rings (SSSR count). The third-order valence-corrected chi connectivity index (χ3v) is 5.43. The zero-order valence-corrected chi connectivity index (χ0v) is 15.1. The summed E-state index contributed by atoms with van der Waals surface area (Å²) < 4.78 is 39.8. The smallest absolute Gasteiger partial charge is 0.279 e. The van der Waals surface area contributed by atoms with E-state index >= 15 is 0 Å². The quantitative estimate of drug-likeness (QED) is 0.831. The molecule has 0 aliphatic carbocycles. The van der Waals surface area contributed by atoms with E-state index < -0.39 is 15.8 Å². The summed E-state index contributed by atoms with van der Waals surface area (Å²) in [5, 5.41) is 10.6. The first-order valence-electron chi connectivity index (χ1n) is 7.71. The van der Waals surface area contributed by atoms with Gasteiger partial charge in [-0.1, -0.05) is 0 Å². The average Bonchev–Trinajstić information content (AvgIpc) is 2.75. The highest BCUT2D eigenvalue weighted by molar-refractivity contribution is 7.87. The molecule has 0 amide bonds. The lowest BCUT2D eigenvalue weighted by Crippen LogP contribution is -2.53. The minimum absolute atomic E-state index is 0.130. The second kappa shape index (κ2) is 6.52. The highest BCUT2D eigenvalue weighted by Gasteiger charge is 2.34. The van der Waals surface area contributed by atoms with E-state index in [9.17, 15) is 13.5 Å². The first-order valence-corrected chi connectivity index (χ1v) is 9.15. The van der Waals surface area contributed by atoms with Gasteiger partial charge >= 0.3 is 0 Å². The number of nitrogens with zero attached hydrogens (tertiary/aromatic N) is 1. The number of rotatable bonds is 5. The second-order valence-corrected chi connectivity index (χ2v) is 8.26. The third kappa shape index (κ3) is 4.33. The van der Waals surface area contributed by atoms with Crippen molar-refractivity contribution in [2.45, 2.75) is 52.4 Å². The Labute approximate surface area is 137 Å². The molecule has 1 aliphatic rings. The summed E-state index contributed by atoms with van der Waals surface area (Å²) in [5.74, 6) is 1.26. The third-order valence-electron chi connectivity index (χ3n) is 3.95. The van der Waals surface area contributed by atoms with Gasteiger partial charge in [-0.2, -0.15) is 17.4 Å². The van der Waals surface area contributed by atoms with E-state index in [1.807, 2.05) is 13.8 Å². The van der Waals surface area contributed by atoms with Crippen molar-refractivity contribution in [3.63, 3.8) is 0 Å². The van der Waals surface area contributed by atoms with E-state index in [1.165, 1.54) is 4.31 Å². The van der Waals surface area contributed by atoms with Gasteiger partial charge in [0.25, 0.3) is 10.2 Å². The van der Waals surface area contributed by atoms with E-state index in [-0.39, 0.29) is 18.8 Å². The van der Waals surface area contributed by atoms with Crippen LogP contribution < -0.4 is 4.72 Å². The fourth-order valence-corrected chi connectivity index (χ4v) is 4.37. The molecule has 0 radical (unpaired) electrons. The van der Waals surface area contributed by atoms with Crippen molar-refractivity contribution in [3.05, 3.63) is 23.2 Å². The zero-order chi connectivity index (χ0) is 17.4. The molecule has 0 bridgehead atoms. The van der Waals surface area contributed by atoms with Crippen LogP contribution in [0.2, 0.25) is 0 Å². The Bertz CT molecular complexity index is 643. The van der Waals surface area contributed by atoms with Crippen LogP contribution in [0.25, 0.3) is 0 Å². The largest absolute Gasteiger partial charge is 0.466 e. The molecule has 8 heteroatoms. The molecule has 2 N–H and O–H groups in total. The lowest BCUT2D eigenvalue weighted by molar-refractivity contribution is -0.0445. The van der Waals surface area contributed by atoms with Crippen LogP contribution in [-0.4, -0.2) is 49.7 Å². The summed E-state index contributed by atoms with van der Waals surface area (Å²) in [6.07, 6.45) is -0.316. The highest BCUT2D eigenvalue weighted by Crippen LogP contribution is 2.26. The lowest BCUT2D eigenvalue weighted by Gasteiger charge is -2.35. The summed E-state index contributed by atoms with van der Waals surface area (Å²) in [6, 6.07) is 1.72. The van der Waals surface area contributed by atoms with Crippen molar-refractivity contribution in [3.8, 4) is 0 Å². The highest BCUT2D eigenvalue weighted by atomic mass is 32.2. The Morgan fingerprint density at radius 3 is 2.39 bits per heavy atom. The second-order valence-electron chi connectivity index (χ2n) is 6.50. The van der Waals surface area contributed by atoms with Crippen molar-refractivity contribution in [2.24, 2.45) is 0 Å². The summed E-state index contributed by atoms with van der Waals surface area (Å²) in [6.45, 7) is 9.24. The molecule has 0 aromatic carbocycles. The Morgan fingerprint density at radius 2 is 1.91 bits per heavy atom. The topological polar surface area (TPSA) is 92.0 Å². The molecular formula is C15H26N2O5S. The molecule has 2 heterocycles. The number of morpholine rings is 1. The Kier molecular flexibility index (Phi) is 5.22. The summed E-state index contributed by atoms with van der Waals surface area (Å²) >= 11 is 0. The Hall–Kier alpha value is -0.930. The van der Waals surface area contributed by atoms with Gasteiger partial charge in [-0.05, 0) is 40.7 Å². The molecule has 7 nitrogen and oxygen atoms in total. The van der Waals surface area contributed by atoms with Gasteiger partial charge in [0.2, 0.25) is 0 Å². The fraction of sp³-hybridized carbons (Fsp3) is 0.733. The minimum atomic E-state index is -3.68. The number of nitrogens with one attached hydrogen (secondary N) is 1. The number of aliphatic hydroxyl groups is 1. The maximum Gasteiger partial charge on any atom is 0.279 e. The molecule has 1 aromatic heterocycles. The van der Waals surface area contributed by atoms with Crippen LogP contribution in [0, 0.1) is 13.8 Å². The fourth-order valence-electron chi connectivity index (χ4n) is 2.91. The Morgan fingerprint density at radius 1 is 1.35 bits per heavy atom. The number of aryl methyl sites for hydroxylation is 2. The number of hydrogen-bond acceptors (Lipinski definition) is 5. The van der Waals surface area contributed by atoms with Gasteiger partial charge in [-0.3, -0.25) is 0 Å². The molecule has 0 unspecified atom stereocenters. The summed E-state index contributed by atoms with van der Waals surface area (Å²) in [5.41, 5.74) is -0.764. The molecule has 23 heavy (non-hydrogen) atoms. The van der Waals surface area contributed by atoms with Gasteiger partial charge in [0.15, 0.2) is 0 Å². The molecule has 0 saturated carbocycles. The molecule has 1 aliphatic heterocycles. The van der Waals surface area contributed by atoms with Crippen LogP contribution in [0.4, 0.5) is 0 Å². The maximum atomic E-state index is 12.5. The van der Waals surface area contributed by atoms with Gasteiger partial charge < -0.3 is 14.3 Å². The van der Waals surface area contributed by atoms with Gasteiger partial charge in [-0.25, -0.2) is 0 Å². The number of ether oxygens (including phenoxy) is 1. The van der Waals surface area contributed by atoms with E-state index in [0.717, 1.165) is 0 Å². The molecular weight excluding hydrogens is 320 g/mol. The van der Waals surface area contributed by atoms with E-state index in [0.29, 0.717) is 30.2 Å². The van der Waals surface area contributed by atoms with Crippen LogP contribution >= 0.6 is 0 Å². The van der Waals surface area contributed by atoms with Crippen molar-refractivity contribution in [1.29, 1.82) is 0 Å². The molecule has 1 fully saturated rings. The number of furan rings is 1. The average molecular weight is 346 g/mol. The van der Waals surface area contributed by atoms with Gasteiger partial charge in [-0.15, -0.1) is 0 Å². The van der Waals surface area contributed by atoms with Gasteiger partial charge in [0, 0.05) is 25.2 Å². The number of hydrogen-bond donors (Lipinski definition) is 2. The van der Waals surface area contributed by atoms with Crippen molar-refractivity contribution in [1.82, 2.24) is 9.03 Å². The minimum Gasteiger partial charge on any atom is -0.466 e. The van der Waals surface area contributed by atoms with Crippen molar-refractivity contribution < 1.29 is 22.7 Å². The van der Waals surface area contributed by atoms with Crippen LogP contribution in [0.5, 0.6) is 0 Å². The zero-order valence-electron chi connectivity index (χ0n) is 14.3. The molecule has 3 atom stereocenters. The standard InChI is InChI=1S/C15H26N2O5S/c1-10-6-14(13(4)22-10)15(5,18)9-16-23(19,20)17-7-11(2)21-12(3)8-17/h6,11-12,16,18H,7-9H2,1-5H3/t11-,12+,15-/m1/s1. The van der Waals surface area contributed by atoms with E-state index in [4.69, 9.17) is 9.15 Å². The van der Waals surface area contributed by atoms with Crippen LogP contribution in [0.3, 0.4) is 0 Å². The van der Waals surface area contributed by atoms with Gasteiger partial charge in [0.05, 0.1) is 12.2 Å². The molecule has 1 aromatic rings. The normalized spacial score (nSPS) is 26.2. The van der Waals surface area contributed by atoms with Crippen molar-refractivity contribution in [2.75, 3.05) is 19.6 Å². The first-order chi connectivity index (χ1) is 10.5. The first kappa shape index (κ1) is 18.4. The van der Waals surface area contributed by atoms with Crippen LogP contribution in [0.15, 0.2) is 10.5 Å². The maximum absolute atomic E-state index is 12.5. The predicted octanol–water partition coefficient (Wildman–Crippen LogP) is 1.05. The van der Waals surface area contributed by atoms with E-state index in [2.05, 4.69) is 4.72 Å². The van der Waals surface area contributed by atoms with Gasteiger partial charge in [0.1, 0.15) is 17.1 Å². The van der Waals surface area contributed by atoms with Crippen LogP contribution in [-0.2, 0) is 20.5 Å². The summed E-state index contributed by atoms with van der Waals surface area (Å²) in [7, 11) is -3.68. The monoisotopic (exact) mass is 346 g/mol. The Balaban J connectivity index is 2.07. The molecule has 132 valence electrons. The summed E-state index contributed by atoms with van der Waals surface area (Å²) in [4.78, 5) is 0. The lowest BCUT2D eigenvalue weighted by atomic mass is 9.97.